The molecule has 84 valence electrons. The second-order valence-electron chi connectivity index (χ2n) is 4.07. The average Bonchev–Trinajstić information content (AvgIpc) is 2.16. The summed E-state index contributed by atoms with van der Waals surface area (Å²) >= 11 is 5.32. The average molecular weight is 216 g/mol. The normalized spacial score (nSPS) is 10.8. The number of hydrogen-bond acceptors (Lipinski definition) is 1. The fraction of sp³-hybridized carbons (Fsp3) is 0.909. The van der Waals surface area contributed by atoms with Gasteiger partial charge in [-0.3, -0.25) is 0 Å². The molecule has 0 radical (unpaired) electrons. The second-order valence-corrected chi connectivity index (χ2v) is 4.46. The molecule has 0 atom stereocenters. The summed E-state index contributed by atoms with van der Waals surface area (Å²) in [5, 5.41) is 3.96. The van der Waals surface area contributed by atoms with Crippen molar-refractivity contribution in [3.8, 4) is 0 Å². The maximum Gasteiger partial charge on any atom is 0.168 e. The minimum atomic E-state index is 0.581. The van der Waals surface area contributed by atoms with Gasteiger partial charge in [0.15, 0.2) is 5.11 Å². The number of thiocarbonyl (C=S) groups is 1. The SMILES string of the molecule is CCC(CC)N(CC(C)C)C(=S)NC. The lowest BCUT2D eigenvalue weighted by molar-refractivity contribution is 0.265. The van der Waals surface area contributed by atoms with Crippen LogP contribution in [0.25, 0.3) is 0 Å². The van der Waals surface area contributed by atoms with E-state index < -0.39 is 0 Å². The zero-order chi connectivity index (χ0) is 11.1. The van der Waals surface area contributed by atoms with Crippen molar-refractivity contribution in [2.45, 2.75) is 46.6 Å². The molecule has 0 bridgehead atoms. The van der Waals surface area contributed by atoms with Crippen molar-refractivity contribution >= 4 is 17.3 Å². The van der Waals surface area contributed by atoms with Crippen LogP contribution in [-0.4, -0.2) is 29.6 Å². The molecule has 0 aromatic heterocycles. The van der Waals surface area contributed by atoms with Crippen molar-refractivity contribution in [3.63, 3.8) is 0 Å². The molecule has 1 N–H and O–H groups in total. The van der Waals surface area contributed by atoms with Crippen LogP contribution in [-0.2, 0) is 0 Å². The van der Waals surface area contributed by atoms with Gasteiger partial charge >= 0.3 is 0 Å². The van der Waals surface area contributed by atoms with Crippen LogP contribution in [0, 0.1) is 5.92 Å². The van der Waals surface area contributed by atoms with E-state index in [0.29, 0.717) is 12.0 Å². The highest BCUT2D eigenvalue weighted by Gasteiger charge is 2.17. The number of nitrogens with zero attached hydrogens (tertiary/aromatic N) is 1. The summed E-state index contributed by atoms with van der Waals surface area (Å²) in [4.78, 5) is 2.32. The molecule has 0 aromatic rings. The van der Waals surface area contributed by atoms with Crippen molar-refractivity contribution in [1.82, 2.24) is 10.2 Å². The molecule has 0 saturated carbocycles. The Hall–Kier alpha value is -0.310. The highest BCUT2D eigenvalue weighted by atomic mass is 32.1. The van der Waals surface area contributed by atoms with E-state index >= 15 is 0 Å². The molecule has 0 aliphatic rings. The number of rotatable bonds is 5. The molecular formula is C11H24N2S. The highest BCUT2D eigenvalue weighted by molar-refractivity contribution is 7.80. The Bertz CT molecular complexity index is 165. The zero-order valence-electron chi connectivity index (χ0n) is 10.1. The van der Waals surface area contributed by atoms with E-state index in [0.717, 1.165) is 24.5 Å². The van der Waals surface area contributed by atoms with Gasteiger partial charge in [-0.2, -0.15) is 0 Å². The van der Waals surface area contributed by atoms with Crippen molar-refractivity contribution in [2.24, 2.45) is 5.92 Å². The summed E-state index contributed by atoms with van der Waals surface area (Å²) in [7, 11) is 1.90. The van der Waals surface area contributed by atoms with E-state index in [1.165, 1.54) is 0 Å². The Morgan fingerprint density at radius 3 is 2.07 bits per heavy atom. The third-order valence-corrected chi connectivity index (χ3v) is 2.86. The molecule has 0 spiro atoms. The Balaban J connectivity index is 4.43. The monoisotopic (exact) mass is 216 g/mol. The van der Waals surface area contributed by atoms with Crippen molar-refractivity contribution in [3.05, 3.63) is 0 Å². The third kappa shape index (κ3) is 4.27. The molecule has 3 heteroatoms. The van der Waals surface area contributed by atoms with E-state index in [1.54, 1.807) is 0 Å². The van der Waals surface area contributed by atoms with Crippen LogP contribution in [0.4, 0.5) is 0 Å². The molecular weight excluding hydrogens is 192 g/mol. The van der Waals surface area contributed by atoms with Gasteiger partial charge in [-0.25, -0.2) is 0 Å². The van der Waals surface area contributed by atoms with Crippen LogP contribution in [0.5, 0.6) is 0 Å². The summed E-state index contributed by atoms with van der Waals surface area (Å²) < 4.78 is 0. The maximum atomic E-state index is 5.32. The van der Waals surface area contributed by atoms with Crippen molar-refractivity contribution in [2.75, 3.05) is 13.6 Å². The largest absolute Gasteiger partial charge is 0.366 e. The first-order chi connectivity index (χ1) is 6.56. The Labute approximate surface area is 94.1 Å². The summed E-state index contributed by atoms with van der Waals surface area (Å²) in [5.41, 5.74) is 0. The van der Waals surface area contributed by atoms with E-state index in [2.05, 4.69) is 37.9 Å². The smallest absolute Gasteiger partial charge is 0.168 e. The van der Waals surface area contributed by atoms with Crippen molar-refractivity contribution < 1.29 is 0 Å². The molecule has 0 aromatic carbocycles. The summed E-state index contributed by atoms with van der Waals surface area (Å²) in [5.74, 6) is 0.655. The van der Waals surface area contributed by atoms with Gasteiger partial charge in [0.25, 0.3) is 0 Å². The summed E-state index contributed by atoms with van der Waals surface area (Å²) in [6, 6.07) is 0.581. The van der Waals surface area contributed by atoms with Crippen LogP contribution >= 0.6 is 12.2 Å². The van der Waals surface area contributed by atoms with Crippen LogP contribution < -0.4 is 5.32 Å². The molecule has 2 nitrogen and oxygen atoms in total. The number of nitrogens with one attached hydrogen (secondary N) is 1. The first-order valence-electron chi connectivity index (χ1n) is 5.55. The minimum absolute atomic E-state index is 0.581. The van der Waals surface area contributed by atoms with Gasteiger partial charge in [-0.15, -0.1) is 0 Å². The lowest BCUT2D eigenvalue weighted by atomic mass is 10.1. The predicted octanol–water partition coefficient (Wildman–Crippen LogP) is 2.64. The first kappa shape index (κ1) is 13.7. The van der Waals surface area contributed by atoms with E-state index in [-0.39, 0.29) is 0 Å². The summed E-state index contributed by atoms with van der Waals surface area (Å²) in [6.45, 7) is 9.95. The fourth-order valence-electron chi connectivity index (χ4n) is 1.66. The topological polar surface area (TPSA) is 15.3 Å². The standard InChI is InChI=1S/C11H24N2S/c1-6-10(7-2)13(8-9(3)4)11(14)12-5/h9-10H,6-8H2,1-5H3,(H,12,14). The second kappa shape index (κ2) is 7.04. The lowest BCUT2D eigenvalue weighted by Crippen LogP contribution is -2.46. The lowest BCUT2D eigenvalue weighted by Gasteiger charge is -2.33. The summed E-state index contributed by atoms with van der Waals surface area (Å²) in [6.07, 6.45) is 2.32. The third-order valence-electron chi connectivity index (χ3n) is 2.42. The molecule has 0 heterocycles. The van der Waals surface area contributed by atoms with Crippen LogP contribution in [0.1, 0.15) is 40.5 Å². The van der Waals surface area contributed by atoms with Crippen LogP contribution in [0.2, 0.25) is 0 Å². The fourth-order valence-corrected chi connectivity index (χ4v) is 1.89. The first-order valence-corrected chi connectivity index (χ1v) is 5.95. The Morgan fingerprint density at radius 2 is 1.79 bits per heavy atom. The zero-order valence-corrected chi connectivity index (χ0v) is 10.9. The van der Waals surface area contributed by atoms with Gasteiger partial charge < -0.3 is 10.2 Å². The molecule has 0 amide bonds. The Morgan fingerprint density at radius 1 is 1.29 bits per heavy atom. The quantitative estimate of drug-likeness (QED) is 0.711. The maximum absolute atomic E-state index is 5.32. The predicted molar refractivity (Wildman–Crippen MR) is 67.6 cm³/mol. The van der Waals surface area contributed by atoms with Gasteiger partial charge in [0.1, 0.15) is 0 Å². The minimum Gasteiger partial charge on any atom is -0.366 e. The molecule has 0 aliphatic heterocycles. The van der Waals surface area contributed by atoms with Gasteiger partial charge in [-0.1, -0.05) is 27.7 Å². The molecule has 0 aliphatic carbocycles. The Kier molecular flexibility index (Phi) is 6.89. The van der Waals surface area contributed by atoms with Gasteiger partial charge in [0, 0.05) is 19.6 Å². The number of hydrogen-bond donors (Lipinski definition) is 1. The van der Waals surface area contributed by atoms with Crippen LogP contribution in [0.3, 0.4) is 0 Å². The van der Waals surface area contributed by atoms with Gasteiger partial charge in [0.05, 0.1) is 0 Å². The molecule has 0 rings (SSSR count). The van der Waals surface area contributed by atoms with Gasteiger partial charge in [-0.05, 0) is 31.0 Å². The van der Waals surface area contributed by atoms with E-state index in [9.17, 15) is 0 Å². The molecule has 0 unspecified atom stereocenters. The highest BCUT2D eigenvalue weighted by Crippen LogP contribution is 2.11. The van der Waals surface area contributed by atoms with Crippen LogP contribution in [0.15, 0.2) is 0 Å². The molecule has 14 heavy (non-hydrogen) atoms. The molecule has 0 saturated heterocycles. The molecule has 0 fully saturated rings. The van der Waals surface area contributed by atoms with Gasteiger partial charge in [0.2, 0.25) is 0 Å². The van der Waals surface area contributed by atoms with Crippen molar-refractivity contribution in [1.29, 1.82) is 0 Å². The van der Waals surface area contributed by atoms with E-state index in [4.69, 9.17) is 12.2 Å². The van der Waals surface area contributed by atoms with E-state index in [1.807, 2.05) is 7.05 Å².